The second kappa shape index (κ2) is 7.01. The molecule has 0 aromatic heterocycles. The monoisotopic (exact) mass is 450 g/mol. The number of carbonyl (C=O) groups excluding carboxylic acids is 2. The number of esters is 1. The van der Waals surface area contributed by atoms with Crippen LogP contribution >= 0.6 is 0 Å². The predicted octanol–water partition coefficient (Wildman–Crippen LogP) is 2.18. The van der Waals surface area contributed by atoms with Gasteiger partial charge in [-0.25, -0.2) is 0 Å². The fourth-order valence-corrected chi connectivity index (χ4v) is 8.40. The molecule has 1 N–H and O–H groups in total. The largest absolute Gasteiger partial charge is 0.493 e. The van der Waals surface area contributed by atoms with E-state index in [1.165, 1.54) is 14.0 Å². The third-order valence-electron chi connectivity index (χ3n) is 9.50. The minimum absolute atomic E-state index is 0.00847. The normalized spacial score (nSPS) is 54.1. The number of carbonyl (C=O) groups is 2. The van der Waals surface area contributed by atoms with Gasteiger partial charge in [-0.1, -0.05) is 20.8 Å². The molecule has 0 spiro atoms. The van der Waals surface area contributed by atoms with E-state index in [1.54, 1.807) is 0 Å². The molecule has 2 saturated heterocycles. The van der Waals surface area contributed by atoms with E-state index in [-0.39, 0.29) is 48.8 Å². The van der Waals surface area contributed by atoms with E-state index in [1.807, 2.05) is 19.9 Å². The lowest BCUT2D eigenvalue weighted by Crippen LogP contribution is -2.77. The van der Waals surface area contributed by atoms with Crippen LogP contribution in [0.2, 0.25) is 0 Å². The Bertz CT molecular complexity index is 870. The Kier molecular flexibility index (Phi) is 4.89. The molecular weight excluding hydrogens is 416 g/mol. The van der Waals surface area contributed by atoms with E-state index < -0.39 is 40.9 Å². The van der Waals surface area contributed by atoms with Crippen molar-refractivity contribution in [3.8, 4) is 0 Å². The maximum absolute atomic E-state index is 13.9. The number of hydrogen-bond donors (Lipinski definition) is 1. The highest BCUT2D eigenvalue weighted by molar-refractivity contribution is 5.99. The first-order chi connectivity index (χ1) is 15.0. The number of allylic oxidation sites excluding steroid dienone is 2. The van der Waals surface area contributed by atoms with E-state index in [2.05, 4.69) is 13.8 Å². The summed E-state index contributed by atoms with van der Waals surface area (Å²) in [4.78, 5) is 26.1. The first kappa shape index (κ1) is 22.3. The van der Waals surface area contributed by atoms with E-state index in [0.717, 1.165) is 0 Å². The van der Waals surface area contributed by atoms with Gasteiger partial charge in [0, 0.05) is 36.0 Å². The van der Waals surface area contributed by atoms with Gasteiger partial charge in [0.15, 0.2) is 12.0 Å². The molecule has 178 valence electrons. The molecular formula is C24H34O8. The van der Waals surface area contributed by atoms with Gasteiger partial charge in [0.2, 0.25) is 5.78 Å². The van der Waals surface area contributed by atoms with Crippen molar-refractivity contribution in [3.05, 3.63) is 11.8 Å². The topological polar surface area (TPSA) is 101 Å². The standard InChI is InChI=1S/C24H34O8/c1-11-7-14(28-6)20(27)22(3)13(11)8-16-23(4)15(9-17(26)31-16)24(5,32-12(2)25)21-18(19(22)23)29-10-30-21/h7,11,13,15-19,21,26H,8-10H2,1-6H3/t11-,13+,15-,16-,17-,18+,19-,21-,22+,23-,24+/m1/s1. The molecule has 0 aromatic rings. The summed E-state index contributed by atoms with van der Waals surface area (Å²) in [6.07, 6.45) is 0.522. The first-order valence-corrected chi connectivity index (χ1v) is 11.6. The summed E-state index contributed by atoms with van der Waals surface area (Å²) >= 11 is 0. The van der Waals surface area contributed by atoms with Crippen LogP contribution in [-0.2, 0) is 33.3 Å². The van der Waals surface area contributed by atoms with Gasteiger partial charge in [-0.2, -0.15) is 0 Å². The summed E-state index contributed by atoms with van der Waals surface area (Å²) in [6, 6.07) is 0. The highest BCUT2D eigenvalue weighted by atomic mass is 16.7. The number of methoxy groups -OCH3 is 1. The van der Waals surface area contributed by atoms with Crippen LogP contribution in [0.5, 0.6) is 0 Å². The average Bonchev–Trinajstić information content (AvgIpc) is 3.19. The minimum Gasteiger partial charge on any atom is -0.493 e. The predicted molar refractivity (Wildman–Crippen MR) is 111 cm³/mol. The highest BCUT2D eigenvalue weighted by Crippen LogP contribution is 2.70. The Morgan fingerprint density at radius 3 is 2.59 bits per heavy atom. The van der Waals surface area contributed by atoms with Crippen molar-refractivity contribution >= 4 is 11.8 Å². The molecule has 5 aliphatic rings. The molecule has 0 radical (unpaired) electrons. The average molecular weight is 451 g/mol. The molecule has 5 rings (SSSR count). The third kappa shape index (κ3) is 2.58. The Balaban J connectivity index is 1.73. The van der Waals surface area contributed by atoms with Gasteiger partial charge in [-0.3, -0.25) is 9.59 Å². The van der Waals surface area contributed by atoms with Gasteiger partial charge in [0.25, 0.3) is 0 Å². The van der Waals surface area contributed by atoms with Crippen molar-refractivity contribution in [2.75, 3.05) is 13.9 Å². The highest BCUT2D eigenvalue weighted by Gasteiger charge is 2.77. The number of fused-ring (bicyclic) bond motifs is 4. The summed E-state index contributed by atoms with van der Waals surface area (Å²) in [5, 5.41) is 10.7. The van der Waals surface area contributed by atoms with Crippen LogP contribution in [0.4, 0.5) is 0 Å². The molecule has 2 aliphatic heterocycles. The lowest BCUT2D eigenvalue weighted by Gasteiger charge is -2.70. The molecule has 4 fully saturated rings. The molecule has 8 heteroatoms. The maximum Gasteiger partial charge on any atom is 0.303 e. The van der Waals surface area contributed by atoms with Gasteiger partial charge in [-0.15, -0.1) is 0 Å². The zero-order valence-corrected chi connectivity index (χ0v) is 19.6. The molecule has 0 unspecified atom stereocenters. The van der Waals surface area contributed by atoms with Gasteiger partial charge in [0.05, 0.1) is 19.3 Å². The molecule has 0 aromatic carbocycles. The number of ether oxygens (including phenoxy) is 5. The van der Waals surface area contributed by atoms with Crippen LogP contribution in [0, 0.1) is 34.5 Å². The zero-order chi connectivity index (χ0) is 23.2. The van der Waals surface area contributed by atoms with Gasteiger partial charge in [-0.05, 0) is 31.3 Å². The number of aliphatic hydroxyl groups is 1. The Labute approximate surface area is 188 Å². The number of aliphatic hydroxyl groups excluding tert-OH is 1. The molecule has 2 heterocycles. The van der Waals surface area contributed by atoms with Crippen LogP contribution in [0.15, 0.2) is 11.8 Å². The molecule has 2 saturated carbocycles. The van der Waals surface area contributed by atoms with E-state index >= 15 is 0 Å². The van der Waals surface area contributed by atoms with E-state index in [4.69, 9.17) is 23.7 Å². The van der Waals surface area contributed by atoms with Crippen LogP contribution in [0.1, 0.15) is 47.5 Å². The van der Waals surface area contributed by atoms with Gasteiger partial charge >= 0.3 is 5.97 Å². The van der Waals surface area contributed by atoms with Gasteiger partial charge < -0.3 is 28.8 Å². The minimum atomic E-state index is -1.02. The van der Waals surface area contributed by atoms with Crippen molar-refractivity contribution in [2.24, 2.45) is 34.5 Å². The maximum atomic E-state index is 13.9. The summed E-state index contributed by atoms with van der Waals surface area (Å²) in [7, 11) is 1.53. The molecule has 32 heavy (non-hydrogen) atoms. The zero-order valence-electron chi connectivity index (χ0n) is 19.6. The first-order valence-electron chi connectivity index (χ1n) is 11.6. The van der Waals surface area contributed by atoms with Crippen LogP contribution in [0.25, 0.3) is 0 Å². The number of Topliss-reactive ketones (excluding diaryl/α,β-unsaturated/α-hetero) is 1. The fraction of sp³-hybridized carbons (Fsp3) is 0.833. The van der Waals surface area contributed by atoms with E-state index in [9.17, 15) is 14.7 Å². The lowest BCUT2D eigenvalue weighted by molar-refractivity contribution is -0.340. The quantitative estimate of drug-likeness (QED) is 0.639. The summed E-state index contributed by atoms with van der Waals surface area (Å²) in [5.41, 5.74) is -2.38. The molecule has 0 amide bonds. The van der Waals surface area contributed by atoms with Crippen molar-refractivity contribution in [3.63, 3.8) is 0 Å². The lowest BCUT2D eigenvalue weighted by atomic mass is 9.37. The molecule has 8 nitrogen and oxygen atoms in total. The second-order valence-electron chi connectivity index (χ2n) is 10.9. The summed E-state index contributed by atoms with van der Waals surface area (Å²) < 4.78 is 29.9. The number of ketones is 1. The van der Waals surface area contributed by atoms with Crippen molar-refractivity contribution in [1.29, 1.82) is 0 Å². The third-order valence-corrected chi connectivity index (χ3v) is 9.50. The number of hydrogen-bond acceptors (Lipinski definition) is 8. The molecule has 11 atom stereocenters. The molecule has 0 bridgehead atoms. The van der Waals surface area contributed by atoms with Gasteiger partial charge in [0.1, 0.15) is 18.5 Å². The smallest absolute Gasteiger partial charge is 0.303 e. The van der Waals surface area contributed by atoms with Crippen molar-refractivity contribution in [2.45, 2.75) is 77.7 Å². The Morgan fingerprint density at radius 2 is 1.94 bits per heavy atom. The Hall–Kier alpha value is -1.48. The SMILES string of the molecule is COC1=C[C@@H](C)[C@@H]2C[C@H]3O[C@@H](O)C[C@H]4[C@](C)(OC(C)=O)[C@@H]5OCO[C@H]5[C@H]([C@@]2(C)C1=O)[C@@]34C. The van der Waals surface area contributed by atoms with Crippen LogP contribution in [0.3, 0.4) is 0 Å². The fourth-order valence-electron chi connectivity index (χ4n) is 8.40. The van der Waals surface area contributed by atoms with E-state index in [0.29, 0.717) is 12.2 Å². The summed E-state index contributed by atoms with van der Waals surface area (Å²) in [5.74, 6) is -0.516. The Morgan fingerprint density at radius 1 is 1.22 bits per heavy atom. The molecule has 3 aliphatic carbocycles. The van der Waals surface area contributed by atoms with Crippen LogP contribution < -0.4 is 0 Å². The van der Waals surface area contributed by atoms with Crippen LogP contribution in [-0.4, -0.2) is 61.0 Å². The second-order valence-corrected chi connectivity index (χ2v) is 10.9. The summed E-state index contributed by atoms with van der Waals surface area (Å²) in [6.45, 7) is 9.58. The van der Waals surface area contributed by atoms with Crippen molar-refractivity contribution < 1.29 is 38.4 Å². The van der Waals surface area contributed by atoms with Crippen molar-refractivity contribution in [1.82, 2.24) is 0 Å². The number of rotatable bonds is 2.